The number of nitrogens with one attached hydrogen (secondary N) is 1. The van der Waals surface area contributed by atoms with Crippen LogP contribution in [-0.4, -0.2) is 14.5 Å². The lowest BCUT2D eigenvalue weighted by Crippen LogP contribution is -2.17. The van der Waals surface area contributed by atoms with Crippen molar-refractivity contribution in [1.29, 1.82) is 0 Å². The van der Waals surface area contributed by atoms with Crippen LogP contribution in [0.1, 0.15) is 30.3 Å². The van der Waals surface area contributed by atoms with Crippen molar-refractivity contribution in [3.8, 4) is 0 Å². The molecular formula is C14H20N4. The number of hydrogen-bond donors (Lipinski definition) is 1. The lowest BCUT2D eigenvalue weighted by Gasteiger charge is -2.09. The molecule has 0 aliphatic heterocycles. The van der Waals surface area contributed by atoms with E-state index >= 15 is 0 Å². The average molecular weight is 244 g/mol. The summed E-state index contributed by atoms with van der Waals surface area (Å²) < 4.78 is 2.20. The third kappa shape index (κ3) is 3.17. The molecule has 2 aromatic rings. The van der Waals surface area contributed by atoms with Gasteiger partial charge in [0, 0.05) is 37.9 Å². The van der Waals surface area contributed by atoms with Crippen molar-refractivity contribution in [3.63, 3.8) is 0 Å². The Morgan fingerprint density at radius 3 is 2.94 bits per heavy atom. The highest BCUT2D eigenvalue weighted by Gasteiger charge is 2.02. The van der Waals surface area contributed by atoms with Crippen LogP contribution < -0.4 is 5.32 Å². The normalized spacial score (nSPS) is 10.8. The van der Waals surface area contributed by atoms with E-state index in [9.17, 15) is 0 Å². The quantitative estimate of drug-likeness (QED) is 0.847. The van der Waals surface area contributed by atoms with Gasteiger partial charge in [-0.25, -0.2) is 4.98 Å². The van der Waals surface area contributed by atoms with Crippen LogP contribution in [-0.2, 0) is 19.6 Å². The van der Waals surface area contributed by atoms with Gasteiger partial charge in [0.25, 0.3) is 0 Å². The van der Waals surface area contributed by atoms with Gasteiger partial charge in [0.1, 0.15) is 5.82 Å². The van der Waals surface area contributed by atoms with Crippen LogP contribution in [0.3, 0.4) is 0 Å². The van der Waals surface area contributed by atoms with Gasteiger partial charge in [-0.05, 0) is 30.5 Å². The monoisotopic (exact) mass is 244 g/mol. The van der Waals surface area contributed by atoms with E-state index in [1.165, 1.54) is 11.1 Å². The molecule has 0 aliphatic rings. The zero-order valence-corrected chi connectivity index (χ0v) is 11.1. The minimum atomic E-state index is 0.793. The van der Waals surface area contributed by atoms with Crippen LogP contribution in [0, 0.1) is 6.92 Å². The molecule has 2 rings (SSSR count). The number of imidazole rings is 1. The van der Waals surface area contributed by atoms with Crippen molar-refractivity contribution in [2.24, 2.45) is 0 Å². The fraction of sp³-hybridized carbons (Fsp3) is 0.429. The standard InChI is InChI=1S/C14H20N4/c1-3-7-18-8-6-17-14(18)11-16-10-13-9-15-5-4-12(13)2/h4-6,8-9,16H,3,7,10-11H2,1-2H3. The number of nitrogens with zero attached hydrogens (tertiary/aromatic N) is 3. The summed E-state index contributed by atoms with van der Waals surface area (Å²) in [7, 11) is 0. The van der Waals surface area contributed by atoms with Gasteiger partial charge in [-0.2, -0.15) is 0 Å². The van der Waals surface area contributed by atoms with Crippen LogP contribution in [0.15, 0.2) is 30.9 Å². The molecule has 2 aromatic heterocycles. The molecule has 0 unspecified atom stereocenters. The number of rotatable bonds is 6. The highest BCUT2D eigenvalue weighted by molar-refractivity contribution is 5.21. The number of aryl methyl sites for hydroxylation is 2. The molecule has 0 aromatic carbocycles. The van der Waals surface area contributed by atoms with Crippen molar-refractivity contribution < 1.29 is 0 Å². The Kier molecular flexibility index (Phi) is 4.47. The van der Waals surface area contributed by atoms with E-state index in [0.717, 1.165) is 31.9 Å². The molecule has 0 amide bonds. The molecule has 0 bridgehead atoms. The van der Waals surface area contributed by atoms with Gasteiger partial charge < -0.3 is 9.88 Å². The van der Waals surface area contributed by atoms with Crippen LogP contribution in [0.2, 0.25) is 0 Å². The molecule has 0 spiro atoms. The van der Waals surface area contributed by atoms with Gasteiger partial charge in [0.15, 0.2) is 0 Å². The predicted molar refractivity (Wildman–Crippen MR) is 72.0 cm³/mol. The summed E-state index contributed by atoms with van der Waals surface area (Å²) in [6.07, 6.45) is 8.77. The zero-order valence-electron chi connectivity index (χ0n) is 11.1. The number of hydrogen-bond acceptors (Lipinski definition) is 3. The smallest absolute Gasteiger partial charge is 0.122 e. The minimum absolute atomic E-state index is 0.793. The molecule has 0 fully saturated rings. The van der Waals surface area contributed by atoms with Crippen LogP contribution in [0.25, 0.3) is 0 Å². The van der Waals surface area contributed by atoms with Gasteiger partial charge in [0.2, 0.25) is 0 Å². The third-order valence-corrected chi connectivity index (χ3v) is 3.01. The van der Waals surface area contributed by atoms with E-state index in [4.69, 9.17) is 0 Å². The topological polar surface area (TPSA) is 42.7 Å². The Balaban J connectivity index is 1.88. The van der Waals surface area contributed by atoms with Crippen molar-refractivity contribution in [2.75, 3.05) is 0 Å². The second kappa shape index (κ2) is 6.31. The van der Waals surface area contributed by atoms with Crippen LogP contribution in [0.5, 0.6) is 0 Å². The van der Waals surface area contributed by atoms with Gasteiger partial charge in [-0.15, -0.1) is 0 Å². The van der Waals surface area contributed by atoms with Crippen molar-refractivity contribution in [1.82, 2.24) is 19.9 Å². The summed E-state index contributed by atoms with van der Waals surface area (Å²) in [5.74, 6) is 1.10. The Morgan fingerprint density at radius 2 is 2.17 bits per heavy atom. The Morgan fingerprint density at radius 1 is 1.28 bits per heavy atom. The molecule has 0 saturated carbocycles. The van der Waals surface area contributed by atoms with Gasteiger partial charge in [-0.3, -0.25) is 4.98 Å². The van der Waals surface area contributed by atoms with E-state index in [0.29, 0.717) is 0 Å². The molecule has 0 saturated heterocycles. The van der Waals surface area contributed by atoms with Crippen LogP contribution in [0.4, 0.5) is 0 Å². The second-order valence-corrected chi connectivity index (χ2v) is 4.44. The zero-order chi connectivity index (χ0) is 12.8. The molecule has 18 heavy (non-hydrogen) atoms. The molecule has 0 aliphatic carbocycles. The van der Waals surface area contributed by atoms with E-state index in [1.54, 1.807) is 0 Å². The maximum absolute atomic E-state index is 4.37. The Hall–Kier alpha value is -1.68. The fourth-order valence-electron chi connectivity index (χ4n) is 1.94. The first kappa shape index (κ1) is 12.8. The molecule has 4 heteroatoms. The molecule has 4 nitrogen and oxygen atoms in total. The van der Waals surface area contributed by atoms with Gasteiger partial charge >= 0.3 is 0 Å². The number of pyridine rings is 1. The first-order valence-corrected chi connectivity index (χ1v) is 6.41. The highest BCUT2D eigenvalue weighted by atomic mass is 15.1. The molecule has 0 radical (unpaired) electrons. The first-order chi connectivity index (χ1) is 8.81. The second-order valence-electron chi connectivity index (χ2n) is 4.44. The van der Waals surface area contributed by atoms with Crippen molar-refractivity contribution in [2.45, 2.75) is 39.9 Å². The predicted octanol–water partition coefficient (Wildman–Crippen LogP) is 2.29. The lowest BCUT2D eigenvalue weighted by atomic mass is 10.1. The summed E-state index contributed by atoms with van der Waals surface area (Å²) in [5.41, 5.74) is 2.51. The summed E-state index contributed by atoms with van der Waals surface area (Å²) >= 11 is 0. The third-order valence-electron chi connectivity index (χ3n) is 3.01. The summed E-state index contributed by atoms with van der Waals surface area (Å²) in [5, 5.41) is 3.42. The highest BCUT2D eigenvalue weighted by Crippen LogP contribution is 2.05. The Labute approximate surface area is 108 Å². The van der Waals surface area contributed by atoms with E-state index in [1.807, 2.05) is 30.9 Å². The molecule has 0 atom stereocenters. The number of aromatic nitrogens is 3. The van der Waals surface area contributed by atoms with Gasteiger partial charge in [0.05, 0.1) is 6.54 Å². The fourth-order valence-corrected chi connectivity index (χ4v) is 1.94. The molecule has 1 N–H and O–H groups in total. The average Bonchev–Trinajstić information content (AvgIpc) is 2.80. The molecule has 2 heterocycles. The summed E-state index contributed by atoms with van der Waals surface area (Å²) in [6.45, 7) is 6.94. The first-order valence-electron chi connectivity index (χ1n) is 6.41. The maximum Gasteiger partial charge on any atom is 0.122 e. The largest absolute Gasteiger partial charge is 0.334 e. The minimum Gasteiger partial charge on any atom is -0.334 e. The lowest BCUT2D eigenvalue weighted by molar-refractivity contribution is 0.587. The van der Waals surface area contributed by atoms with Crippen molar-refractivity contribution >= 4 is 0 Å². The summed E-state index contributed by atoms with van der Waals surface area (Å²) in [6, 6.07) is 2.04. The molecular weight excluding hydrogens is 224 g/mol. The van der Waals surface area contributed by atoms with E-state index < -0.39 is 0 Å². The Bertz CT molecular complexity index is 490. The maximum atomic E-state index is 4.37. The van der Waals surface area contributed by atoms with E-state index in [-0.39, 0.29) is 0 Å². The molecule has 96 valence electrons. The van der Waals surface area contributed by atoms with E-state index in [2.05, 4.69) is 33.7 Å². The van der Waals surface area contributed by atoms with Crippen LogP contribution >= 0.6 is 0 Å². The summed E-state index contributed by atoms with van der Waals surface area (Å²) in [4.78, 5) is 8.52. The van der Waals surface area contributed by atoms with Gasteiger partial charge in [-0.1, -0.05) is 6.92 Å². The SMILES string of the molecule is CCCn1ccnc1CNCc1cnccc1C. The van der Waals surface area contributed by atoms with Crippen molar-refractivity contribution in [3.05, 3.63) is 47.8 Å².